The van der Waals surface area contributed by atoms with Crippen LogP contribution in [-0.4, -0.2) is 47.5 Å². The molecule has 29 heavy (non-hydrogen) atoms. The van der Waals surface area contributed by atoms with Gasteiger partial charge in [0.15, 0.2) is 0 Å². The number of nitrogens with one attached hydrogen (secondary N) is 1. The predicted molar refractivity (Wildman–Crippen MR) is 110 cm³/mol. The number of likely N-dealkylation sites (tertiary alicyclic amines) is 1. The Bertz CT molecular complexity index is 1020. The lowest BCUT2D eigenvalue weighted by atomic mass is 10.1. The monoisotopic (exact) mass is 389 g/mol. The van der Waals surface area contributed by atoms with Crippen molar-refractivity contribution in [3.05, 3.63) is 78.0 Å². The molecule has 3 aromatic rings. The largest absolute Gasteiger partial charge is 0.468 e. The molecule has 1 N–H and O–H groups in total. The summed E-state index contributed by atoms with van der Waals surface area (Å²) in [4.78, 5) is 31.5. The van der Waals surface area contributed by atoms with E-state index in [2.05, 4.69) is 15.2 Å². The fourth-order valence-corrected chi connectivity index (χ4v) is 3.83. The molecule has 1 fully saturated rings. The number of fused-ring (bicyclic) bond motifs is 1. The molecule has 1 amide bonds. The van der Waals surface area contributed by atoms with Gasteiger partial charge in [-0.05, 0) is 24.1 Å². The second kappa shape index (κ2) is 8.41. The first-order valence-electron chi connectivity index (χ1n) is 9.66. The van der Waals surface area contributed by atoms with Crippen LogP contribution in [0, 0.1) is 0 Å². The van der Waals surface area contributed by atoms with Gasteiger partial charge >= 0.3 is 5.97 Å². The van der Waals surface area contributed by atoms with Crippen molar-refractivity contribution in [1.82, 2.24) is 15.2 Å². The lowest BCUT2D eigenvalue weighted by Crippen LogP contribution is -2.38. The number of hydrogen-bond donors (Lipinski definition) is 1. The van der Waals surface area contributed by atoms with Crippen LogP contribution in [0.3, 0.4) is 0 Å². The molecular weight excluding hydrogens is 366 g/mol. The summed E-state index contributed by atoms with van der Waals surface area (Å²) in [7, 11) is 1.40. The molecule has 0 saturated carbocycles. The van der Waals surface area contributed by atoms with Gasteiger partial charge in [-0.25, -0.2) is 4.98 Å². The molecule has 148 valence electrons. The number of ether oxygens (including phenoxy) is 1. The molecule has 1 aliphatic rings. The maximum Gasteiger partial charge on any atom is 0.323 e. The third-order valence-corrected chi connectivity index (χ3v) is 5.27. The van der Waals surface area contributed by atoms with Gasteiger partial charge in [0, 0.05) is 24.5 Å². The minimum absolute atomic E-state index is 0.149. The number of carbonyl (C=O) groups excluding carboxylic acids is 2. The van der Waals surface area contributed by atoms with E-state index in [0.29, 0.717) is 25.2 Å². The van der Waals surface area contributed by atoms with Gasteiger partial charge in [0.25, 0.3) is 5.91 Å². The van der Waals surface area contributed by atoms with Gasteiger partial charge in [-0.2, -0.15) is 0 Å². The standard InChI is InChI=1S/C23H23N3O3/c1-29-23(28)21-13-18(15-26(21)14-16-7-3-2-4-8-16)24-22(27)20-12-11-17-9-5-6-10-19(17)25-20/h2-12,18,21H,13-15H2,1H3,(H,24,27)/t18-,21+/m1/s1. The van der Waals surface area contributed by atoms with Crippen LogP contribution in [0.5, 0.6) is 0 Å². The van der Waals surface area contributed by atoms with Gasteiger partial charge in [0.05, 0.1) is 12.6 Å². The maximum absolute atomic E-state index is 12.7. The van der Waals surface area contributed by atoms with Crippen molar-refractivity contribution < 1.29 is 14.3 Å². The maximum atomic E-state index is 12.7. The minimum Gasteiger partial charge on any atom is -0.468 e. The van der Waals surface area contributed by atoms with Gasteiger partial charge in [-0.15, -0.1) is 0 Å². The first-order valence-corrected chi connectivity index (χ1v) is 9.66. The van der Waals surface area contributed by atoms with E-state index in [1.54, 1.807) is 6.07 Å². The molecule has 6 nitrogen and oxygen atoms in total. The summed E-state index contributed by atoms with van der Waals surface area (Å²) in [6.07, 6.45) is 0.513. The zero-order valence-corrected chi connectivity index (χ0v) is 16.2. The van der Waals surface area contributed by atoms with E-state index in [1.807, 2.05) is 60.7 Å². The Morgan fingerprint density at radius 2 is 1.83 bits per heavy atom. The molecule has 1 aromatic heterocycles. The normalized spacial score (nSPS) is 19.2. The summed E-state index contributed by atoms with van der Waals surface area (Å²) >= 11 is 0. The second-order valence-corrected chi connectivity index (χ2v) is 7.25. The van der Waals surface area contributed by atoms with Gasteiger partial charge in [-0.3, -0.25) is 14.5 Å². The molecule has 0 unspecified atom stereocenters. The zero-order valence-electron chi connectivity index (χ0n) is 16.2. The SMILES string of the molecule is COC(=O)[C@@H]1C[C@@H](NC(=O)c2ccc3ccccc3n2)CN1Cc1ccccc1. The molecule has 2 aromatic carbocycles. The van der Waals surface area contributed by atoms with Gasteiger partial charge < -0.3 is 10.1 Å². The summed E-state index contributed by atoms with van der Waals surface area (Å²) in [6, 6.07) is 20.7. The van der Waals surface area contributed by atoms with E-state index in [9.17, 15) is 9.59 Å². The van der Waals surface area contributed by atoms with E-state index in [-0.39, 0.29) is 24.0 Å². The van der Waals surface area contributed by atoms with Crippen LogP contribution in [0.25, 0.3) is 10.9 Å². The molecule has 6 heteroatoms. The van der Waals surface area contributed by atoms with E-state index in [0.717, 1.165) is 16.5 Å². The lowest BCUT2D eigenvalue weighted by molar-refractivity contribution is -0.146. The molecule has 0 spiro atoms. The number of hydrogen-bond acceptors (Lipinski definition) is 5. The second-order valence-electron chi connectivity index (χ2n) is 7.25. The molecule has 2 atom stereocenters. The summed E-state index contributed by atoms with van der Waals surface area (Å²) in [5, 5.41) is 4.02. The van der Waals surface area contributed by atoms with Crippen molar-refractivity contribution in [2.45, 2.75) is 25.0 Å². The summed E-state index contributed by atoms with van der Waals surface area (Å²) in [5.74, 6) is -0.507. The topological polar surface area (TPSA) is 71.5 Å². The molecule has 1 saturated heterocycles. The molecule has 0 bridgehead atoms. The van der Waals surface area contributed by atoms with Crippen molar-refractivity contribution in [1.29, 1.82) is 0 Å². The number of benzene rings is 2. The average Bonchev–Trinajstić information content (AvgIpc) is 3.15. The number of rotatable bonds is 5. The Morgan fingerprint density at radius 1 is 1.07 bits per heavy atom. The van der Waals surface area contributed by atoms with Crippen molar-refractivity contribution in [3.63, 3.8) is 0 Å². The highest BCUT2D eigenvalue weighted by atomic mass is 16.5. The third-order valence-electron chi connectivity index (χ3n) is 5.27. The number of methoxy groups -OCH3 is 1. The van der Waals surface area contributed by atoms with Gasteiger partial charge in [0.1, 0.15) is 11.7 Å². The number of aromatic nitrogens is 1. The van der Waals surface area contributed by atoms with Crippen LogP contribution in [0.1, 0.15) is 22.5 Å². The Hall–Kier alpha value is -3.25. The highest BCUT2D eigenvalue weighted by Gasteiger charge is 2.38. The molecule has 4 rings (SSSR count). The molecule has 0 radical (unpaired) electrons. The molecule has 1 aliphatic heterocycles. The smallest absolute Gasteiger partial charge is 0.323 e. The van der Waals surface area contributed by atoms with E-state index >= 15 is 0 Å². The van der Waals surface area contributed by atoms with Crippen LogP contribution >= 0.6 is 0 Å². The van der Waals surface area contributed by atoms with Crippen molar-refractivity contribution in [2.24, 2.45) is 0 Å². The Kier molecular flexibility index (Phi) is 5.53. The van der Waals surface area contributed by atoms with Crippen LogP contribution in [0.15, 0.2) is 66.7 Å². The van der Waals surface area contributed by atoms with E-state index in [1.165, 1.54) is 7.11 Å². The van der Waals surface area contributed by atoms with E-state index < -0.39 is 0 Å². The molecule has 0 aliphatic carbocycles. The number of nitrogens with zero attached hydrogens (tertiary/aromatic N) is 2. The number of carbonyl (C=O) groups is 2. The summed E-state index contributed by atoms with van der Waals surface area (Å²) in [5.41, 5.74) is 2.27. The Morgan fingerprint density at radius 3 is 2.62 bits per heavy atom. The number of amides is 1. The van der Waals surface area contributed by atoms with Gasteiger partial charge in [-0.1, -0.05) is 54.6 Å². The van der Waals surface area contributed by atoms with Gasteiger partial charge in [0.2, 0.25) is 0 Å². The third kappa shape index (κ3) is 4.27. The average molecular weight is 389 g/mol. The minimum atomic E-state index is -0.380. The van der Waals surface area contributed by atoms with Crippen molar-refractivity contribution in [2.75, 3.05) is 13.7 Å². The van der Waals surface area contributed by atoms with E-state index in [4.69, 9.17) is 4.74 Å². The van der Waals surface area contributed by atoms with Crippen LogP contribution < -0.4 is 5.32 Å². The summed E-state index contributed by atoms with van der Waals surface area (Å²) < 4.78 is 4.98. The van der Waals surface area contributed by atoms with Crippen LogP contribution in [-0.2, 0) is 16.1 Å². The zero-order chi connectivity index (χ0) is 20.2. The number of pyridine rings is 1. The van der Waals surface area contributed by atoms with Crippen LogP contribution in [0.4, 0.5) is 0 Å². The first-order chi connectivity index (χ1) is 14.1. The predicted octanol–water partition coefficient (Wildman–Crippen LogP) is 2.78. The molecule has 2 heterocycles. The highest BCUT2D eigenvalue weighted by molar-refractivity contribution is 5.95. The van der Waals surface area contributed by atoms with Crippen LogP contribution in [0.2, 0.25) is 0 Å². The quantitative estimate of drug-likeness (QED) is 0.680. The number of para-hydroxylation sites is 1. The number of esters is 1. The lowest BCUT2D eigenvalue weighted by Gasteiger charge is -2.22. The highest BCUT2D eigenvalue weighted by Crippen LogP contribution is 2.22. The Labute approximate surface area is 169 Å². The summed E-state index contributed by atoms with van der Waals surface area (Å²) in [6.45, 7) is 1.20. The molecular formula is C23H23N3O3. The van der Waals surface area contributed by atoms with Crippen molar-refractivity contribution in [3.8, 4) is 0 Å². The fourth-order valence-electron chi connectivity index (χ4n) is 3.83. The van der Waals surface area contributed by atoms with Crippen molar-refractivity contribution >= 4 is 22.8 Å². The Balaban J connectivity index is 1.47. The first kappa shape index (κ1) is 19.1. The fraction of sp³-hybridized carbons (Fsp3) is 0.261.